The van der Waals surface area contributed by atoms with Crippen LogP contribution in [0.3, 0.4) is 0 Å². The number of carbonyl (C=O) groups excluding carboxylic acids is 1. The molecule has 7 heteroatoms. The van der Waals surface area contributed by atoms with Gasteiger partial charge in [-0.25, -0.2) is 4.98 Å². The number of hydrogen-bond acceptors (Lipinski definition) is 5. The third-order valence-electron chi connectivity index (χ3n) is 4.76. The van der Waals surface area contributed by atoms with Crippen molar-refractivity contribution in [1.82, 2.24) is 9.55 Å². The summed E-state index contributed by atoms with van der Waals surface area (Å²) in [5, 5.41) is 14.9. The van der Waals surface area contributed by atoms with Crippen LogP contribution in [0.2, 0.25) is 0 Å². The number of rotatable bonds is 7. The molecule has 4 rings (SSSR count). The summed E-state index contributed by atoms with van der Waals surface area (Å²) in [6.45, 7) is 2.64. The van der Waals surface area contributed by atoms with E-state index in [1.165, 1.54) is 28.7 Å². The Balaban J connectivity index is 1.54. The zero-order chi connectivity index (χ0) is 20.9. The molecule has 1 N–H and O–H groups in total. The highest BCUT2D eigenvalue weighted by Gasteiger charge is 2.20. The molecule has 1 atom stereocenters. The molecule has 0 aliphatic carbocycles. The number of benzene rings is 2. The second-order valence-electron chi connectivity index (χ2n) is 6.79. The van der Waals surface area contributed by atoms with Crippen LogP contribution in [0.15, 0.2) is 71.2 Å². The average Bonchev–Trinajstić information content (AvgIpc) is 3.36. The minimum absolute atomic E-state index is 0.138. The second-order valence-corrected chi connectivity index (χ2v) is 9.02. The third kappa shape index (κ3) is 4.40. The molecule has 0 saturated carbocycles. The Bertz CT molecular complexity index is 1210. The Labute approximate surface area is 183 Å². The molecular formula is C23H20N4OS2. The summed E-state index contributed by atoms with van der Waals surface area (Å²) in [4.78, 5) is 17.5. The van der Waals surface area contributed by atoms with Gasteiger partial charge in [-0.15, -0.1) is 11.3 Å². The van der Waals surface area contributed by atoms with Crippen LogP contribution in [0.4, 0.5) is 5.00 Å². The zero-order valence-electron chi connectivity index (χ0n) is 16.4. The van der Waals surface area contributed by atoms with Crippen LogP contribution in [-0.2, 0) is 17.8 Å². The molecule has 0 aliphatic rings. The van der Waals surface area contributed by atoms with Crippen LogP contribution in [0.5, 0.6) is 0 Å². The van der Waals surface area contributed by atoms with Gasteiger partial charge in [-0.3, -0.25) is 4.79 Å². The standard InChI is InChI=1S/C23H20N4OS2/c1-16(21(28)26-22-18(15-24)12-14-29-22)30-23-25-19-9-5-6-10-20(19)27(23)13-11-17-7-3-2-4-8-17/h2-10,12,14,16H,11,13H2,1H3,(H,26,28)/t16-/m1/s1. The number of carbonyl (C=O) groups is 1. The fraction of sp³-hybridized carbons (Fsp3) is 0.174. The van der Waals surface area contributed by atoms with Crippen LogP contribution in [0, 0.1) is 11.3 Å². The van der Waals surface area contributed by atoms with Crippen LogP contribution in [0.25, 0.3) is 11.0 Å². The maximum absolute atomic E-state index is 12.7. The van der Waals surface area contributed by atoms with Gasteiger partial charge in [-0.2, -0.15) is 5.26 Å². The SMILES string of the molecule is C[C@@H](Sc1nc2ccccc2n1CCc1ccccc1)C(=O)Nc1sccc1C#N. The number of amides is 1. The van der Waals surface area contributed by atoms with Crippen LogP contribution < -0.4 is 5.32 Å². The highest BCUT2D eigenvalue weighted by molar-refractivity contribution is 8.00. The summed E-state index contributed by atoms with van der Waals surface area (Å²) in [6, 6.07) is 22.2. The zero-order valence-corrected chi connectivity index (χ0v) is 18.0. The highest BCUT2D eigenvalue weighted by atomic mass is 32.2. The third-order valence-corrected chi connectivity index (χ3v) is 6.68. The minimum atomic E-state index is -0.356. The summed E-state index contributed by atoms with van der Waals surface area (Å²) in [5.41, 5.74) is 3.73. The Kier molecular flexibility index (Phi) is 6.17. The maximum atomic E-state index is 12.7. The van der Waals surface area contributed by atoms with E-state index >= 15 is 0 Å². The molecule has 2 aromatic heterocycles. The first-order valence-corrected chi connectivity index (χ1v) is 11.4. The first-order chi connectivity index (χ1) is 14.7. The van der Waals surface area contributed by atoms with Crippen molar-refractivity contribution in [3.63, 3.8) is 0 Å². The van der Waals surface area contributed by atoms with Crippen LogP contribution in [-0.4, -0.2) is 20.7 Å². The van der Waals surface area contributed by atoms with Crippen molar-refractivity contribution in [3.05, 3.63) is 77.2 Å². The van der Waals surface area contributed by atoms with Gasteiger partial charge in [0.05, 0.1) is 21.8 Å². The van der Waals surface area contributed by atoms with E-state index in [1.54, 1.807) is 11.4 Å². The Morgan fingerprint density at radius 2 is 1.97 bits per heavy atom. The van der Waals surface area contributed by atoms with Gasteiger partial charge in [0.25, 0.3) is 0 Å². The summed E-state index contributed by atoms with van der Waals surface area (Å²) >= 11 is 2.79. The van der Waals surface area contributed by atoms with E-state index in [9.17, 15) is 4.79 Å². The van der Waals surface area contributed by atoms with E-state index in [1.807, 2.05) is 43.3 Å². The quantitative estimate of drug-likeness (QED) is 0.401. The van der Waals surface area contributed by atoms with Crippen molar-refractivity contribution in [2.24, 2.45) is 0 Å². The van der Waals surface area contributed by atoms with E-state index < -0.39 is 0 Å². The monoisotopic (exact) mass is 432 g/mol. The lowest BCUT2D eigenvalue weighted by Gasteiger charge is -2.13. The number of aryl methyl sites for hydroxylation is 2. The molecule has 0 saturated heterocycles. The van der Waals surface area contributed by atoms with E-state index in [0.29, 0.717) is 10.6 Å². The number of nitriles is 1. The van der Waals surface area contributed by atoms with Crippen molar-refractivity contribution < 1.29 is 4.79 Å². The molecule has 2 heterocycles. The van der Waals surface area contributed by atoms with Gasteiger partial charge in [0.15, 0.2) is 5.16 Å². The van der Waals surface area contributed by atoms with Gasteiger partial charge in [0.1, 0.15) is 11.1 Å². The number of nitrogens with zero attached hydrogens (tertiary/aromatic N) is 3. The van der Waals surface area contributed by atoms with Crippen molar-refractivity contribution in [2.75, 3.05) is 5.32 Å². The van der Waals surface area contributed by atoms with Crippen molar-refractivity contribution in [3.8, 4) is 6.07 Å². The van der Waals surface area contributed by atoms with Crippen molar-refractivity contribution in [2.45, 2.75) is 30.3 Å². The van der Waals surface area contributed by atoms with E-state index in [4.69, 9.17) is 10.2 Å². The van der Waals surface area contributed by atoms with Gasteiger partial charge < -0.3 is 9.88 Å². The molecule has 2 aromatic carbocycles. The fourth-order valence-electron chi connectivity index (χ4n) is 3.16. The number of thiophene rings is 1. The molecular weight excluding hydrogens is 412 g/mol. The molecule has 0 bridgehead atoms. The lowest BCUT2D eigenvalue weighted by Crippen LogP contribution is -2.22. The molecule has 0 unspecified atom stereocenters. The molecule has 5 nitrogen and oxygen atoms in total. The van der Waals surface area contributed by atoms with Crippen LogP contribution in [0.1, 0.15) is 18.1 Å². The topological polar surface area (TPSA) is 70.7 Å². The Morgan fingerprint density at radius 1 is 1.20 bits per heavy atom. The van der Waals surface area contributed by atoms with Gasteiger partial charge in [-0.1, -0.05) is 54.2 Å². The number of thioether (sulfide) groups is 1. The van der Waals surface area contributed by atoms with E-state index in [2.05, 4.69) is 34.2 Å². The Morgan fingerprint density at radius 3 is 2.77 bits per heavy atom. The first kappa shape index (κ1) is 20.2. The van der Waals surface area contributed by atoms with E-state index in [-0.39, 0.29) is 11.2 Å². The van der Waals surface area contributed by atoms with Gasteiger partial charge in [0, 0.05) is 6.54 Å². The number of fused-ring (bicyclic) bond motifs is 1. The molecule has 1 amide bonds. The van der Waals surface area contributed by atoms with Gasteiger partial charge >= 0.3 is 0 Å². The largest absolute Gasteiger partial charge is 0.319 e. The van der Waals surface area contributed by atoms with Gasteiger partial charge in [0.2, 0.25) is 5.91 Å². The average molecular weight is 433 g/mol. The predicted octanol–water partition coefficient (Wildman–Crippen LogP) is 5.33. The minimum Gasteiger partial charge on any atom is -0.319 e. The number of nitrogens with one attached hydrogen (secondary N) is 1. The number of imidazole rings is 1. The second kappa shape index (κ2) is 9.16. The lowest BCUT2D eigenvalue weighted by atomic mass is 10.1. The number of para-hydroxylation sites is 2. The smallest absolute Gasteiger partial charge is 0.238 e. The maximum Gasteiger partial charge on any atom is 0.238 e. The number of aromatic nitrogens is 2. The lowest BCUT2D eigenvalue weighted by molar-refractivity contribution is -0.115. The molecule has 0 spiro atoms. The molecule has 0 radical (unpaired) electrons. The van der Waals surface area contributed by atoms with Crippen LogP contribution >= 0.6 is 23.1 Å². The predicted molar refractivity (Wildman–Crippen MR) is 123 cm³/mol. The van der Waals surface area contributed by atoms with Crippen molar-refractivity contribution >= 4 is 45.0 Å². The summed E-state index contributed by atoms with van der Waals surface area (Å²) in [6.07, 6.45) is 0.885. The normalized spacial score (nSPS) is 11.9. The van der Waals surface area contributed by atoms with E-state index in [0.717, 1.165) is 29.2 Å². The Hall–Kier alpha value is -3.08. The molecule has 4 aromatic rings. The molecule has 0 fully saturated rings. The molecule has 0 aliphatic heterocycles. The number of anilines is 1. The highest BCUT2D eigenvalue weighted by Crippen LogP contribution is 2.29. The summed E-state index contributed by atoms with van der Waals surface area (Å²) in [7, 11) is 0. The summed E-state index contributed by atoms with van der Waals surface area (Å²) < 4.78 is 2.18. The fourth-order valence-corrected chi connectivity index (χ4v) is 4.85. The van der Waals surface area contributed by atoms with Crippen molar-refractivity contribution in [1.29, 1.82) is 5.26 Å². The first-order valence-electron chi connectivity index (χ1n) is 9.60. The molecule has 30 heavy (non-hydrogen) atoms. The van der Waals surface area contributed by atoms with Gasteiger partial charge in [-0.05, 0) is 42.5 Å². The summed E-state index contributed by atoms with van der Waals surface area (Å²) in [5.74, 6) is -0.138. The number of hydrogen-bond donors (Lipinski definition) is 1. The molecule has 150 valence electrons.